The Bertz CT molecular complexity index is 320. The zero-order valence-electron chi connectivity index (χ0n) is 8.98. The van der Waals surface area contributed by atoms with E-state index in [0.717, 1.165) is 30.3 Å². The molecule has 1 saturated carbocycles. The third-order valence-corrected chi connectivity index (χ3v) is 4.17. The van der Waals surface area contributed by atoms with E-state index in [1.165, 1.54) is 12.8 Å². The van der Waals surface area contributed by atoms with E-state index in [-0.39, 0.29) is 12.2 Å². The quantitative estimate of drug-likeness (QED) is 0.566. The molecule has 1 unspecified atom stereocenters. The van der Waals surface area contributed by atoms with Crippen molar-refractivity contribution in [2.45, 2.75) is 37.4 Å². The number of epoxide rings is 1. The van der Waals surface area contributed by atoms with Gasteiger partial charge in [0.1, 0.15) is 0 Å². The Hall–Kier alpha value is -0.600. The van der Waals surface area contributed by atoms with Crippen molar-refractivity contribution in [3.8, 4) is 0 Å². The van der Waals surface area contributed by atoms with Gasteiger partial charge in [-0.15, -0.1) is 0 Å². The first-order valence-corrected chi connectivity index (χ1v) is 5.87. The number of hydrogen-bond acceptors (Lipinski definition) is 2. The Balaban J connectivity index is 1.72. The van der Waals surface area contributed by atoms with Crippen molar-refractivity contribution in [1.82, 2.24) is 0 Å². The standard InChI is InChI=1S/C13H18O2/c1-9(8-14)6-13-7-10-4-2-3-5-11(10)12(13)15-13/h2,4,10-12,14H,1,3,5-8H2/t10-,11?,12+,13-/m0/s1. The van der Waals surface area contributed by atoms with Crippen LogP contribution in [0, 0.1) is 11.8 Å². The highest BCUT2D eigenvalue weighted by atomic mass is 16.6. The Kier molecular flexibility index (Phi) is 2.05. The van der Waals surface area contributed by atoms with Crippen LogP contribution in [0.15, 0.2) is 24.3 Å². The maximum absolute atomic E-state index is 9.02. The first-order valence-electron chi connectivity index (χ1n) is 5.87. The van der Waals surface area contributed by atoms with Crippen molar-refractivity contribution < 1.29 is 9.84 Å². The van der Waals surface area contributed by atoms with E-state index in [0.29, 0.717) is 6.10 Å². The molecule has 4 atom stereocenters. The van der Waals surface area contributed by atoms with Gasteiger partial charge in [0.25, 0.3) is 0 Å². The van der Waals surface area contributed by atoms with Crippen LogP contribution in [0.4, 0.5) is 0 Å². The van der Waals surface area contributed by atoms with Gasteiger partial charge >= 0.3 is 0 Å². The fourth-order valence-corrected chi connectivity index (χ4v) is 3.46. The lowest BCUT2D eigenvalue weighted by Crippen LogP contribution is -2.15. The molecule has 0 radical (unpaired) electrons. The first kappa shape index (κ1) is 9.61. The largest absolute Gasteiger partial charge is 0.392 e. The summed E-state index contributed by atoms with van der Waals surface area (Å²) in [4.78, 5) is 0. The number of allylic oxidation sites excluding steroid dienone is 2. The molecule has 1 saturated heterocycles. The highest BCUT2D eigenvalue weighted by molar-refractivity contribution is 5.23. The minimum Gasteiger partial charge on any atom is -0.392 e. The van der Waals surface area contributed by atoms with Gasteiger partial charge in [0.05, 0.1) is 18.3 Å². The van der Waals surface area contributed by atoms with E-state index in [1.54, 1.807) is 0 Å². The van der Waals surface area contributed by atoms with Gasteiger partial charge in [0.2, 0.25) is 0 Å². The molecule has 15 heavy (non-hydrogen) atoms. The summed E-state index contributed by atoms with van der Waals surface area (Å²) in [7, 11) is 0. The van der Waals surface area contributed by atoms with Gasteiger partial charge in [0.15, 0.2) is 0 Å². The monoisotopic (exact) mass is 206 g/mol. The summed E-state index contributed by atoms with van der Waals surface area (Å²) in [5.74, 6) is 1.46. The topological polar surface area (TPSA) is 32.8 Å². The summed E-state index contributed by atoms with van der Waals surface area (Å²) in [6, 6.07) is 0. The third-order valence-electron chi connectivity index (χ3n) is 4.17. The predicted octanol–water partition coefficient (Wildman–Crippen LogP) is 2.05. The highest BCUT2D eigenvalue weighted by Crippen LogP contribution is 2.60. The van der Waals surface area contributed by atoms with Crippen LogP contribution in [0.1, 0.15) is 25.7 Å². The molecule has 1 aliphatic heterocycles. The Labute approximate surface area is 90.6 Å². The molecule has 0 bridgehead atoms. The SMILES string of the molecule is C=C(CO)C[C@]12C[C@@H]3C=CCCC3[C@H]1O2. The number of ether oxygens (including phenoxy) is 1. The number of hydrogen-bond donors (Lipinski definition) is 1. The van der Waals surface area contributed by atoms with Crippen molar-refractivity contribution in [1.29, 1.82) is 0 Å². The first-order chi connectivity index (χ1) is 7.25. The number of aliphatic hydroxyl groups is 1. The van der Waals surface area contributed by atoms with Crippen LogP contribution in [0.5, 0.6) is 0 Å². The Morgan fingerprint density at radius 1 is 1.60 bits per heavy atom. The summed E-state index contributed by atoms with van der Waals surface area (Å²) in [6.45, 7) is 3.98. The maximum Gasteiger partial charge on any atom is 0.0994 e. The molecule has 0 spiro atoms. The minimum absolute atomic E-state index is 0.0594. The van der Waals surface area contributed by atoms with Crippen LogP contribution in [0.3, 0.4) is 0 Å². The fraction of sp³-hybridized carbons (Fsp3) is 0.692. The van der Waals surface area contributed by atoms with Gasteiger partial charge < -0.3 is 9.84 Å². The van der Waals surface area contributed by atoms with Crippen molar-refractivity contribution in [2.24, 2.45) is 11.8 Å². The molecule has 2 heteroatoms. The minimum atomic E-state index is 0.0594. The molecule has 1 heterocycles. The lowest BCUT2D eigenvalue weighted by atomic mass is 9.86. The van der Waals surface area contributed by atoms with Crippen LogP contribution in [-0.2, 0) is 4.74 Å². The van der Waals surface area contributed by atoms with Crippen LogP contribution >= 0.6 is 0 Å². The van der Waals surface area contributed by atoms with Gasteiger partial charge in [-0.1, -0.05) is 18.7 Å². The zero-order valence-corrected chi connectivity index (χ0v) is 8.98. The Morgan fingerprint density at radius 2 is 2.47 bits per heavy atom. The molecule has 82 valence electrons. The zero-order chi connectivity index (χ0) is 10.5. The molecule has 0 aromatic carbocycles. The molecule has 0 aromatic heterocycles. The molecule has 2 fully saturated rings. The van der Waals surface area contributed by atoms with Gasteiger partial charge in [-0.2, -0.15) is 0 Å². The van der Waals surface area contributed by atoms with Gasteiger partial charge in [-0.25, -0.2) is 0 Å². The van der Waals surface area contributed by atoms with Crippen LogP contribution in [-0.4, -0.2) is 23.4 Å². The van der Waals surface area contributed by atoms with Crippen LogP contribution in [0.2, 0.25) is 0 Å². The molecule has 1 N–H and O–H groups in total. The average Bonchev–Trinajstić information content (AvgIpc) is 2.85. The van der Waals surface area contributed by atoms with E-state index in [4.69, 9.17) is 9.84 Å². The lowest BCUT2D eigenvalue weighted by Gasteiger charge is -2.22. The average molecular weight is 206 g/mol. The number of fused-ring (bicyclic) bond motifs is 3. The van der Waals surface area contributed by atoms with Crippen LogP contribution in [0.25, 0.3) is 0 Å². The van der Waals surface area contributed by atoms with Crippen molar-refractivity contribution in [3.63, 3.8) is 0 Å². The van der Waals surface area contributed by atoms with E-state index in [1.807, 2.05) is 0 Å². The van der Waals surface area contributed by atoms with E-state index >= 15 is 0 Å². The fourth-order valence-electron chi connectivity index (χ4n) is 3.46. The second-order valence-electron chi connectivity index (χ2n) is 5.23. The predicted molar refractivity (Wildman–Crippen MR) is 58.4 cm³/mol. The summed E-state index contributed by atoms with van der Waals surface area (Å²) in [5.41, 5.74) is 0.976. The maximum atomic E-state index is 9.02. The summed E-state index contributed by atoms with van der Waals surface area (Å²) < 4.78 is 5.88. The number of aliphatic hydroxyl groups excluding tert-OH is 1. The van der Waals surface area contributed by atoms with Crippen molar-refractivity contribution in [2.75, 3.05) is 6.61 Å². The van der Waals surface area contributed by atoms with E-state index in [9.17, 15) is 0 Å². The molecular formula is C13H18O2. The lowest BCUT2D eigenvalue weighted by molar-refractivity contribution is 0.175. The normalized spacial score (nSPS) is 46.1. The highest BCUT2D eigenvalue weighted by Gasteiger charge is 2.66. The van der Waals surface area contributed by atoms with Gasteiger partial charge in [0, 0.05) is 6.42 Å². The van der Waals surface area contributed by atoms with Gasteiger partial charge in [-0.3, -0.25) is 0 Å². The third kappa shape index (κ3) is 1.39. The van der Waals surface area contributed by atoms with Crippen molar-refractivity contribution >= 4 is 0 Å². The molecule has 2 nitrogen and oxygen atoms in total. The van der Waals surface area contributed by atoms with Crippen LogP contribution < -0.4 is 0 Å². The molecule has 3 rings (SSSR count). The smallest absolute Gasteiger partial charge is 0.0994 e. The molecule has 0 amide bonds. The summed E-state index contributed by atoms with van der Waals surface area (Å²) in [5, 5.41) is 9.02. The molecular weight excluding hydrogens is 188 g/mol. The van der Waals surface area contributed by atoms with E-state index < -0.39 is 0 Å². The van der Waals surface area contributed by atoms with E-state index in [2.05, 4.69) is 18.7 Å². The second kappa shape index (κ2) is 3.19. The molecule has 0 aromatic rings. The summed E-state index contributed by atoms with van der Waals surface area (Å²) in [6.07, 6.45) is 9.60. The Morgan fingerprint density at radius 3 is 3.20 bits per heavy atom. The van der Waals surface area contributed by atoms with Gasteiger partial charge in [-0.05, 0) is 36.7 Å². The molecule has 2 aliphatic carbocycles. The number of rotatable bonds is 3. The molecule has 3 aliphatic rings. The second-order valence-corrected chi connectivity index (χ2v) is 5.23. The van der Waals surface area contributed by atoms with Crippen molar-refractivity contribution in [3.05, 3.63) is 24.3 Å². The summed E-state index contributed by atoms with van der Waals surface area (Å²) >= 11 is 0.